The van der Waals surface area contributed by atoms with Crippen molar-refractivity contribution in [2.75, 3.05) is 7.11 Å². The Balaban J connectivity index is 2.16. The summed E-state index contributed by atoms with van der Waals surface area (Å²) in [6.45, 7) is 2.18. The fraction of sp³-hybridized carbons (Fsp3) is 0.312. The first-order valence-corrected chi connectivity index (χ1v) is 7.39. The molecule has 2 rings (SSSR count). The first-order valence-electron chi connectivity index (χ1n) is 6.51. The summed E-state index contributed by atoms with van der Waals surface area (Å²) in [6, 6.07) is 9.73. The molecular formula is C16H18O2S. The number of unbranched alkanes of at least 4 members (excludes halogenated alkanes) is 1. The summed E-state index contributed by atoms with van der Waals surface area (Å²) in [6.07, 6.45) is 3.45. The number of aryl methyl sites for hydroxylation is 1. The summed E-state index contributed by atoms with van der Waals surface area (Å²) >= 11 is 1.42. The van der Waals surface area contributed by atoms with E-state index in [0.717, 1.165) is 12.0 Å². The van der Waals surface area contributed by atoms with Crippen LogP contribution >= 0.6 is 11.3 Å². The zero-order valence-corrected chi connectivity index (χ0v) is 12.1. The van der Waals surface area contributed by atoms with E-state index in [9.17, 15) is 4.79 Å². The lowest BCUT2D eigenvalue weighted by Gasteiger charge is -2.04. The van der Waals surface area contributed by atoms with Crippen LogP contribution in [-0.4, -0.2) is 12.9 Å². The van der Waals surface area contributed by atoms with Crippen LogP contribution in [0, 0.1) is 0 Å². The molecule has 0 atom stereocenters. The predicted octanol–water partition coefficient (Wildman–Crippen LogP) is 4.33. The molecule has 0 aliphatic heterocycles. The number of carbonyl (C=O) groups is 1. The van der Waals surface area contributed by atoms with Gasteiger partial charge in [0.15, 0.2) is 0 Å². The topological polar surface area (TPSA) is 26.3 Å². The summed E-state index contributed by atoms with van der Waals surface area (Å²) in [7, 11) is 1.59. The average Bonchev–Trinajstić information content (AvgIpc) is 2.93. The molecular weight excluding hydrogens is 256 g/mol. The van der Waals surface area contributed by atoms with Gasteiger partial charge in [0.2, 0.25) is 5.78 Å². The van der Waals surface area contributed by atoms with Gasteiger partial charge in [-0.25, -0.2) is 0 Å². The second-order valence-electron chi connectivity index (χ2n) is 4.45. The van der Waals surface area contributed by atoms with Gasteiger partial charge in [-0.2, -0.15) is 0 Å². The summed E-state index contributed by atoms with van der Waals surface area (Å²) in [5.41, 5.74) is 2.01. The lowest BCUT2D eigenvalue weighted by atomic mass is 10.0. The Morgan fingerprint density at radius 2 is 1.95 bits per heavy atom. The molecule has 1 aromatic carbocycles. The fourth-order valence-corrected chi connectivity index (χ4v) is 2.78. The van der Waals surface area contributed by atoms with Crippen LogP contribution in [0.4, 0.5) is 0 Å². The first-order chi connectivity index (χ1) is 9.26. The minimum absolute atomic E-state index is 0.0360. The van der Waals surface area contributed by atoms with E-state index < -0.39 is 0 Å². The van der Waals surface area contributed by atoms with Gasteiger partial charge in [-0.1, -0.05) is 37.6 Å². The van der Waals surface area contributed by atoms with E-state index in [0.29, 0.717) is 10.6 Å². The van der Waals surface area contributed by atoms with Crippen molar-refractivity contribution in [3.63, 3.8) is 0 Å². The van der Waals surface area contributed by atoms with Crippen molar-refractivity contribution < 1.29 is 9.53 Å². The maximum Gasteiger partial charge on any atom is 0.206 e. The van der Waals surface area contributed by atoms with Crippen LogP contribution in [-0.2, 0) is 6.42 Å². The standard InChI is InChI=1S/C16H18O2S/c1-3-4-5-12-6-8-13(9-7-12)15(17)16-14(18-2)10-11-19-16/h6-11H,3-5H2,1-2H3. The molecule has 0 fully saturated rings. The minimum atomic E-state index is 0.0360. The Labute approximate surface area is 118 Å². The molecule has 1 heterocycles. The number of ketones is 1. The van der Waals surface area contributed by atoms with Crippen LogP contribution in [0.3, 0.4) is 0 Å². The summed E-state index contributed by atoms with van der Waals surface area (Å²) in [5.74, 6) is 0.693. The number of thiophene rings is 1. The Bertz CT molecular complexity index is 540. The summed E-state index contributed by atoms with van der Waals surface area (Å²) in [4.78, 5) is 13.0. The molecule has 0 saturated carbocycles. The second-order valence-corrected chi connectivity index (χ2v) is 5.36. The van der Waals surface area contributed by atoms with E-state index in [1.165, 1.54) is 29.7 Å². The Morgan fingerprint density at radius 3 is 2.58 bits per heavy atom. The molecule has 0 bridgehead atoms. The van der Waals surface area contributed by atoms with Gasteiger partial charge < -0.3 is 4.74 Å². The van der Waals surface area contributed by atoms with Crippen LogP contribution in [0.1, 0.15) is 40.6 Å². The average molecular weight is 274 g/mol. The minimum Gasteiger partial charge on any atom is -0.495 e. The number of methoxy groups -OCH3 is 1. The van der Waals surface area contributed by atoms with Crippen molar-refractivity contribution in [2.45, 2.75) is 26.2 Å². The number of hydrogen-bond acceptors (Lipinski definition) is 3. The predicted molar refractivity (Wildman–Crippen MR) is 79.4 cm³/mol. The summed E-state index contributed by atoms with van der Waals surface area (Å²) in [5, 5.41) is 1.88. The molecule has 2 nitrogen and oxygen atoms in total. The van der Waals surface area contributed by atoms with Gasteiger partial charge in [-0.3, -0.25) is 4.79 Å². The molecule has 100 valence electrons. The van der Waals surface area contributed by atoms with E-state index in [4.69, 9.17) is 4.74 Å². The van der Waals surface area contributed by atoms with Crippen LogP contribution in [0.2, 0.25) is 0 Å². The molecule has 19 heavy (non-hydrogen) atoms. The molecule has 0 aliphatic rings. The highest BCUT2D eigenvalue weighted by Gasteiger charge is 2.15. The number of ether oxygens (including phenoxy) is 1. The lowest BCUT2D eigenvalue weighted by Crippen LogP contribution is -2.01. The molecule has 1 aromatic heterocycles. The number of carbonyl (C=O) groups excluding carboxylic acids is 1. The molecule has 0 spiro atoms. The number of hydrogen-bond donors (Lipinski definition) is 0. The van der Waals surface area contributed by atoms with E-state index in [-0.39, 0.29) is 5.78 Å². The molecule has 0 saturated heterocycles. The largest absolute Gasteiger partial charge is 0.495 e. The van der Waals surface area contributed by atoms with Crippen molar-refractivity contribution in [3.8, 4) is 5.75 Å². The van der Waals surface area contributed by atoms with Gasteiger partial charge in [-0.15, -0.1) is 11.3 Å². The third-order valence-corrected chi connectivity index (χ3v) is 3.98. The smallest absolute Gasteiger partial charge is 0.206 e. The zero-order chi connectivity index (χ0) is 13.7. The van der Waals surface area contributed by atoms with Crippen LogP contribution in [0.25, 0.3) is 0 Å². The highest BCUT2D eigenvalue weighted by Crippen LogP contribution is 2.27. The molecule has 0 aliphatic carbocycles. The van der Waals surface area contributed by atoms with Crippen molar-refractivity contribution in [1.29, 1.82) is 0 Å². The van der Waals surface area contributed by atoms with Crippen molar-refractivity contribution >= 4 is 17.1 Å². The molecule has 2 aromatic rings. The van der Waals surface area contributed by atoms with Crippen molar-refractivity contribution in [3.05, 3.63) is 51.7 Å². The first kappa shape index (κ1) is 13.8. The fourth-order valence-electron chi connectivity index (χ4n) is 1.96. The maximum absolute atomic E-state index is 12.3. The van der Waals surface area contributed by atoms with Crippen LogP contribution in [0.5, 0.6) is 5.75 Å². The SMILES string of the molecule is CCCCc1ccc(C(=O)c2sccc2OC)cc1. The monoisotopic (exact) mass is 274 g/mol. The van der Waals surface area contributed by atoms with E-state index in [1.54, 1.807) is 7.11 Å². The second kappa shape index (κ2) is 6.53. The Hall–Kier alpha value is -1.61. The van der Waals surface area contributed by atoms with Crippen LogP contribution < -0.4 is 4.74 Å². The van der Waals surface area contributed by atoms with Crippen molar-refractivity contribution in [1.82, 2.24) is 0 Å². The molecule has 0 unspecified atom stereocenters. The summed E-state index contributed by atoms with van der Waals surface area (Å²) < 4.78 is 5.19. The van der Waals surface area contributed by atoms with Crippen molar-refractivity contribution in [2.24, 2.45) is 0 Å². The maximum atomic E-state index is 12.3. The highest BCUT2D eigenvalue weighted by molar-refractivity contribution is 7.12. The van der Waals surface area contributed by atoms with E-state index in [1.807, 2.05) is 35.7 Å². The molecule has 0 amide bonds. The Morgan fingerprint density at radius 1 is 1.21 bits per heavy atom. The molecule has 0 radical (unpaired) electrons. The van der Waals surface area contributed by atoms with Gasteiger partial charge in [-0.05, 0) is 29.9 Å². The van der Waals surface area contributed by atoms with Gasteiger partial charge in [0.05, 0.1) is 7.11 Å². The third-order valence-electron chi connectivity index (χ3n) is 3.09. The van der Waals surface area contributed by atoms with Gasteiger partial charge in [0.1, 0.15) is 10.6 Å². The molecule has 0 N–H and O–H groups in total. The van der Waals surface area contributed by atoms with Gasteiger partial charge in [0.25, 0.3) is 0 Å². The zero-order valence-electron chi connectivity index (χ0n) is 11.3. The highest BCUT2D eigenvalue weighted by atomic mass is 32.1. The normalized spacial score (nSPS) is 10.4. The van der Waals surface area contributed by atoms with Gasteiger partial charge in [0, 0.05) is 5.56 Å². The quantitative estimate of drug-likeness (QED) is 0.733. The Kier molecular flexibility index (Phi) is 4.74. The lowest BCUT2D eigenvalue weighted by molar-refractivity contribution is 0.104. The van der Waals surface area contributed by atoms with Crippen LogP contribution in [0.15, 0.2) is 35.7 Å². The number of benzene rings is 1. The van der Waals surface area contributed by atoms with E-state index >= 15 is 0 Å². The molecule has 3 heteroatoms. The van der Waals surface area contributed by atoms with Gasteiger partial charge >= 0.3 is 0 Å². The number of rotatable bonds is 6. The van der Waals surface area contributed by atoms with E-state index in [2.05, 4.69) is 6.92 Å². The third kappa shape index (κ3) is 3.24.